The van der Waals surface area contributed by atoms with Gasteiger partial charge in [0.1, 0.15) is 0 Å². The van der Waals surface area contributed by atoms with E-state index in [0.29, 0.717) is 0 Å². The average molecular weight is 199 g/mol. The second-order valence-electron chi connectivity index (χ2n) is 2.03. The van der Waals surface area contributed by atoms with Crippen LogP contribution in [0.5, 0.6) is 0 Å². The van der Waals surface area contributed by atoms with Crippen molar-refractivity contribution in [2.75, 3.05) is 6.61 Å². The molecule has 0 saturated carbocycles. The molecule has 0 bridgehead atoms. The topological polar surface area (TPSA) is 58.9 Å². The summed E-state index contributed by atoms with van der Waals surface area (Å²) in [5.41, 5.74) is -1.56. The van der Waals surface area contributed by atoms with Gasteiger partial charge in [-0.3, -0.25) is 4.79 Å². The molecule has 0 rings (SSSR count). The first-order valence-corrected chi connectivity index (χ1v) is 3.35. The van der Waals surface area contributed by atoms with Crippen LogP contribution in [0.15, 0.2) is 5.16 Å². The van der Waals surface area contributed by atoms with Gasteiger partial charge in [-0.15, -0.1) is 0 Å². The van der Waals surface area contributed by atoms with Crippen LogP contribution >= 0.6 is 0 Å². The van der Waals surface area contributed by atoms with Crippen LogP contribution in [0.3, 0.4) is 0 Å². The number of nitrogens with zero attached hydrogens (tertiary/aromatic N) is 1. The predicted molar refractivity (Wildman–Crippen MR) is 36.5 cm³/mol. The maximum absolute atomic E-state index is 11.8. The van der Waals surface area contributed by atoms with Crippen molar-refractivity contribution in [2.24, 2.45) is 5.16 Å². The molecule has 0 aromatic heterocycles. The van der Waals surface area contributed by atoms with E-state index in [9.17, 15) is 18.0 Å². The smallest absolute Gasteiger partial charge is 0.433 e. The molecule has 13 heavy (non-hydrogen) atoms. The second-order valence-corrected chi connectivity index (χ2v) is 2.03. The molecule has 4 nitrogen and oxygen atoms in total. The van der Waals surface area contributed by atoms with Crippen LogP contribution < -0.4 is 0 Å². The Morgan fingerprint density at radius 3 is 2.38 bits per heavy atom. The molecule has 7 heteroatoms. The van der Waals surface area contributed by atoms with E-state index in [-0.39, 0.29) is 6.61 Å². The van der Waals surface area contributed by atoms with Gasteiger partial charge in [0.2, 0.25) is 0 Å². The van der Waals surface area contributed by atoms with Crippen molar-refractivity contribution in [3.63, 3.8) is 0 Å². The molecule has 0 aromatic carbocycles. The van der Waals surface area contributed by atoms with Gasteiger partial charge in [0, 0.05) is 0 Å². The zero-order chi connectivity index (χ0) is 10.5. The molecule has 0 aliphatic carbocycles. The first-order valence-electron chi connectivity index (χ1n) is 3.35. The third-order valence-corrected chi connectivity index (χ3v) is 1.07. The predicted octanol–water partition coefficient (Wildman–Crippen LogP) is 1.33. The van der Waals surface area contributed by atoms with Gasteiger partial charge in [-0.25, -0.2) is 0 Å². The molecule has 0 heterocycles. The van der Waals surface area contributed by atoms with E-state index in [1.54, 1.807) is 0 Å². The van der Waals surface area contributed by atoms with Crippen molar-refractivity contribution < 1.29 is 27.9 Å². The number of alkyl halides is 3. The molecule has 0 aromatic rings. The highest BCUT2D eigenvalue weighted by atomic mass is 19.4. The maximum atomic E-state index is 11.8. The van der Waals surface area contributed by atoms with Crippen molar-refractivity contribution >= 4 is 11.7 Å². The average Bonchev–Trinajstić information content (AvgIpc) is 1.98. The molecule has 0 saturated heterocycles. The lowest BCUT2D eigenvalue weighted by molar-refractivity contribution is -0.142. The Labute approximate surface area is 72.0 Å². The number of ether oxygens (including phenoxy) is 1. The third kappa shape index (κ3) is 4.34. The van der Waals surface area contributed by atoms with Crippen LogP contribution in [-0.2, 0) is 9.53 Å². The molecular weight excluding hydrogens is 191 g/mol. The van der Waals surface area contributed by atoms with E-state index in [0.717, 1.165) is 0 Å². The van der Waals surface area contributed by atoms with Gasteiger partial charge < -0.3 is 9.94 Å². The van der Waals surface area contributed by atoms with Gasteiger partial charge in [-0.1, -0.05) is 5.16 Å². The van der Waals surface area contributed by atoms with Crippen LogP contribution in [0.2, 0.25) is 0 Å². The van der Waals surface area contributed by atoms with E-state index >= 15 is 0 Å². The number of carbonyl (C=O) groups is 1. The molecule has 0 aliphatic heterocycles. The molecule has 1 N–H and O–H groups in total. The summed E-state index contributed by atoms with van der Waals surface area (Å²) in [4.78, 5) is 10.5. The van der Waals surface area contributed by atoms with Gasteiger partial charge in [-0.2, -0.15) is 13.2 Å². The summed E-state index contributed by atoms with van der Waals surface area (Å²) in [6.45, 7) is 1.44. The Morgan fingerprint density at radius 2 is 2.08 bits per heavy atom. The second kappa shape index (κ2) is 4.68. The van der Waals surface area contributed by atoms with E-state index in [4.69, 9.17) is 5.21 Å². The third-order valence-electron chi connectivity index (χ3n) is 1.07. The highest BCUT2D eigenvalue weighted by Crippen LogP contribution is 2.19. The Morgan fingerprint density at radius 1 is 1.54 bits per heavy atom. The fourth-order valence-corrected chi connectivity index (χ4v) is 0.541. The van der Waals surface area contributed by atoms with Crippen LogP contribution in [0, 0.1) is 0 Å². The normalized spacial score (nSPS) is 12.8. The molecule has 0 fully saturated rings. The number of carbonyl (C=O) groups excluding carboxylic acids is 1. The van der Waals surface area contributed by atoms with Crippen LogP contribution in [0.1, 0.15) is 13.3 Å². The van der Waals surface area contributed by atoms with Crippen LogP contribution in [-0.4, -0.2) is 29.7 Å². The number of hydrogen-bond donors (Lipinski definition) is 1. The van der Waals surface area contributed by atoms with Crippen molar-refractivity contribution in [3.8, 4) is 0 Å². The van der Waals surface area contributed by atoms with E-state index in [1.165, 1.54) is 6.92 Å². The Kier molecular flexibility index (Phi) is 4.22. The summed E-state index contributed by atoms with van der Waals surface area (Å²) in [7, 11) is 0. The first-order chi connectivity index (χ1) is 5.91. The minimum Gasteiger partial charge on any atom is -0.466 e. The molecular formula is C6H8F3NO3. The Bertz CT molecular complexity index is 212. The lowest BCUT2D eigenvalue weighted by Gasteiger charge is -2.07. The van der Waals surface area contributed by atoms with Gasteiger partial charge in [0.25, 0.3) is 0 Å². The molecule has 0 radical (unpaired) electrons. The molecule has 0 aliphatic rings. The summed E-state index contributed by atoms with van der Waals surface area (Å²) in [6, 6.07) is 0. The standard InChI is InChI=1S/C6H8F3NO3/c1-2-13-5(11)3-4(10-12)6(7,8)9/h12H,2-3H2,1H3. The quantitative estimate of drug-likeness (QED) is 0.323. The number of halogens is 3. The summed E-state index contributed by atoms with van der Waals surface area (Å²) in [6.07, 6.45) is -5.88. The van der Waals surface area contributed by atoms with E-state index < -0.39 is 24.3 Å². The van der Waals surface area contributed by atoms with Gasteiger partial charge in [-0.05, 0) is 6.92 Å². The number of rotatable bonds is 3. The molecule has 0 unspecified atom stereocenters. The Balaban J connectivity index is 4.25. The maximum Gasteiger partial charge on any atom is 0.433 e. The zero-order valence-electron chi connectivity index (χ0n) is 6.76. The number of esters is 1. The zero-order valence-corrected chi connectivity index (χ0v) is 6.76. The molecule has 0 amide bonds. The fourth-order valence-electron chi connectivity index (χ4n) is 0.541. The summed E-state index contributed by atoms with van der Waals surface area (Å²) < 4.78 is 39.7. The van der Waals surface area contributed by atoms with E-state index in [2.05, 4.69) is 4.74 Å². The monoisotopic (exact) mass is 199 g/mol. The SMILES string of the molecule is CCOC(=O)CC(=NO)C(F)(F)F. The number of oxime groups is 1. The van der Waals surface area contributed by atoms with Gasteiger partial charge in [0.05, 0.1) is 13.0 Å². The molecule has 0 atom stereocenters. The summed E-state index contributed by atoms with van der Waals surface area (Å²) >= 11 is 0. The largest absolute Gasteiger partial charge is 0.466 e. The highest BCUT2D eigenvalue weighted by Gasteiger charge is 2.37. The summed E-state index contributed by atoms with van der Waals surface area (Å²) in [5.74, 6) is -1.08. The molecule has 76 valence electrons. The van der Waals surface area contributed by atoms with Crippen molar-refractivity contribution in [1.29, 1.82) is 0 Å². The van der Waals surface area contributed by atoms with E-state index in [1.807, 2.05) is 5.16 Å². The first kappa shape index (κ1) is 11.7. The van der Waals surface area contributed by atoms with Crippen LogP contribution in [0.25, 0.3) is 0 Å². The van der Waals surface area contributed by atoms with Crippen molar-refractivity contribution in [3.05, 3.63) is 0 Å². The van der Waals surface area contributed by atoms with Crippen molar-refractivity contribution in [2.45, 2.75) is 19.5 Å². The summed E-state index contributed by atoms with van der Waals surface area (Å²) in [5, 5.41) is 9.91. The lowest BCUT2D eigenvalue weighted by Crippen LogP contribution is -2.26. The van der Waals surface area contributed by atoms with Crippen molar-refractivity contribution in [1.82, 2.24) is 0 Å². The molecule has 0 spiro atoms. The minimum atomic E-state index is -4.80. The van der Waals surface area contributed by atoms with Gasteiger partial charge in [0.15, 0.2) is 5.71 Å². The fraction of sp³-hybridized carbons (Fsp3) is 0.667. The Hall–Kier alpha value is -1.27. The van der Waals surface area contributed by atoms with Gasteiger partial charge >= 0.3 is 12.1 Å². The van der Waals surface area contributed by atoms with Crippen LogP contribution in [0.4, 0.5) is 13.2 Å². The lowest BCUT2D eigenvalue weighted by atomic mass is 10.2. The highest BCUT2D eigenvalue weighted by molar-refractivity contribution is 6.01. The number of hydrogen-bond acceptors (Lipinski definition) is 4. The minimum absolute atomic E-state index is 0.0185.